The molecule has 3 rings (SSSR count). The Morgan fingerprint density at radius 3 is 2.81 bits per heavy atom. The van der Waals surface area contributed by atoms with Gasteiger partial charge in [-0.05, 0) is 17.7 Å². The van der Waals surface area contributed by atoms with Crippen LogP contribution in [0.3, 0.4) is 0 Å². The number of rotatable bonds is 2. The molecule has 0 spiro atoms. The Balaban J connectivity index is 1.69. The van der Waals surface area contributed by atoms with Gasteiger partial charge in [-0.3, -0.25) is 4.99 Å². The Morgan fingerprint density at radius 1 is 1.38 bits per heavy atom. The minimum Gasteiger partial charge on any atom is -0.348 e. The number of sulfone groups is 1. The summed E-state index contributed by atoms with van der Waals surface area (Å²) >= 11 is 13.6. The lowest BCUT2D eigenvalue weighted by atomic mass is 10.2. The van der Waals surface area contributed by atoms with Crippen LogP contribution in [0.2, 0.25) is 10.0 Å². The fourth-order valence-corrected chi connectivity index (χ4v) is 6.16. The van der Waals surface area contributed by atoms with E-state index in [9.17, 15) is 8.42 Å². The van der Waals surface area contributed by atoms with E-state index in [1.807, 2.05) is 24.1 Å². The fourth-order valence-electron chi connectivity index (χ4n) is 2.60. The first-order valence-electron chi connectivity index (χ1n) is 6.43. The first kappa shape index (κ1) is 15.5. The van der Waals surface area contributed by atoms with Gasteiger partial charge in [0.2, 0.25) is 0 Å². The number of thioether (sulfide) groups is 1. The highest BCUT2D eigenvalue weighted by Crippen LogP contribution is 2.32. The SMILES string of the molecule is CN1C(SCc2ccc(Cl)cc2Cl)=N[C@H]2CS(=O)(=O)C[C@@H]21. The van der Waals surface area contributed by atoms with Gasteiger partial charge >= 0.3 is 0 Å². The van der Waals surface area contributed by atoms with Gasteiger partial charge in [0, 0.05) is 22.8 Å². The molecule has 2 atom stereocenters. The van der Waals surface area contributed by atoms with E-state index < -0.39 is 9.84 Å². The van der Waals surface area contributed by atoms with Gasteiger partial charge in [0.05, 0.1) is 23.6 Å². The van der Waals surface area contributed by atoms with Gasteiger partial charge in [0.25, 0.3) is 0 Å². The number of amidine groups is 1. The predicted molar refractivity (Wildman–Crippen MR) is 89.2 cm³/mol. The molecule has 4 nitrogen and oxygen atoms in total. The van der Waals surface area contributed by atoms with Crippen molar-refractivity contribution in [1.29, 1.82) is 0 Å². The van der Waals surface area contributed by atoms with Crippen molar-refractivity contribution in [1.82, 2.24) is 4.90 Å². The Morgan fingerprint density at radius 2 is 2.14 bits per heavy atom. The lowest BCUT2D eigenvalue weighted by Gasteiger charge is -2.20. The normalized spacial score (nSPS) is 26.8. The minimum absolute atomic E-state index is 0.0156. The van der Waals surface area contributed by atoms with Gasteiger partial charge in [-0.15, -0.1) is 0 Å². The van der Waals surface area contributed by atoms with Crippen LogP contribution >= 0.6 is 35.0 Å². The Bertz CT molecular complexity index is 706. The van der Waals surface area contributed by atoms with E-state index in [-0.39, 0.29) is 23.6 Å². The Hall–Kier alpha value is -0.430. The van der Waals surface area contributed by atoms with E-state index >= 15 is 0 Å². The molecule has 1 saturated heterocycles. The Labute approximate surface area is 138 Å². The van der Waals surface area contributed by atoms with Gasteiger partial charge < -0.3 is 4.90 Å². The van der Waals surface area contributed by atoms with Crippen LogP contribution in [0.15, 0.2) is 23.2 Å². The molecule has 0 unspecified atom stereocenters. The summed E-state index contributed by atoms with van der Waals surface area (Å²) in [5, 5.41) is 2.13. The zero-order chi connectivity index (χ0) is 15.2. The maximum absolute atomic E-state index is 11.6. The van der Waals surface area contributed by atoms with Crippen molar-refractivity contribution >= 4 is 50.0 Å². The number of halogens is 2. The molecule has 0 aliphatic carbocycles. The number of hydrogen-bond acceptors (Lipinski definition) is 5. The van der Waals surface area contributed by atoms with Crippen molar-refractivity contribution in [2.24, 2.45) is 4.99 Å². The quantitative estimate of drug-likeness (QED) is 0.809. The van der Waals surface area contributed by atoms with Gasteiger partial charge in [0.15, 0.2) is 15.0 Å². The molecule has 0 amide bonds. The van der Waals surface area contributed by atoms with E-state index in [1.54, 1.807) is 17.8 Å². The third-order valence-electron chi connectivity index (χ3n) is 3.74. The molecule has 1 aromatic rings. The van der Waals surface area contributed by atoms with Gasteiger partial charge in [0.1, 0.15) is 0 Å². The third kappa shape index (κ3) is 3.18. The van der Waals surface area contributed by atoms with Crippen molar-refractivity contribution < 1.29 is 8.42 Å². The summed E-state index contributed by atoms with van der Waals surface area (Å²) in [6, 6.07) is 5.30. The maximum atomic E-state index is 11.6. The van der Waals surface area contributed by atoms with E-state index in [4.69, 9.17) is 23.2 Å². The molecule has 21 heavy (non-hydrogen) atoms. The topological polar surface area (TPSA) is 49.7 Å². The number of benzene rings is 1. The van der Waals surface area contributed by atoms with E-state index in [0.717, 1.165) is 10.7 Å². The second kappa shape index (κ2) is 5.65. The molecule has 8 heteroatoms. The van der Waals surface area contributed by atoms with Crippen molar-refractivity contribution in [2.75, 3.05) is 18.6 Å². The second-order valence-corrected chi connectivity index (χ2v) is 9.20. The zero-order valence-electron chi connectivity index (χ0n) is 11.3. The van der Waals surface area contributed by atoms with Crippen LogP contribution in [-0.2, 0) is 15.6 Å². The summed E-state index contributed by atoms with van der Waals surface area (Å²) in [7, 11) is -1.03. The third-order valence-corrected chi connectivity index (χ3v) is 7.13. The minimum atomic E-state index is -2.93. The van der Waals surface area contributed by atoms with Crippen LogP contribution in [0.1, 0.15) is 5.56 Å². The Kier molecular flexibility index (Phi) is 4.16. The molecule has 0 radical (unpaired) electrons. The molecule has 2 aliphatic rings. The number of aliphatic imine (C=N–C) groups is 1. The smallest absolute Gasteiger partial charge is 0.159 e. The predicted octanol–water partition coefficient (Wildman–Crippen LogP) is 2.69. The summed E-state index contributed by atoms with van der Waals surface area (Å²) in [5.74, 6) is 1.04. The van der Waals surface area contributed by atoms with Crippen molar-refractivity contribution in [3.63, 3.8) is 0 Å². The highest BCUT2D eigenvalue weighted by molar-refractivity contribution is 8.13. The first-order valence-corrected chi connectivity index (χ1v) is 10.00. The van der Waals surface area contributed by atoms with E-state index in [0.29, 0.717) is 15.8 Å². The van der Waals surface area contributed by atoms with Gasteiger partial charge in [-0.2, -0.15) is 0 Å². The molecule has 114 valence electrons. The first-order chi connectivity index (χ1) is 9.85. The molecular weight excluding hydrogens is 351 g/mol. The zero-order valence-corrected chi connectivity index (χ0v) is 14.4. The highest BCUT2D eigenvalue weighted by Gasteiger charge is 2.44. The average Bonchev–Trinajstić information content (AvgIpc) is 2.83. The molecule has 1 aromatic carbocycles. The summed E-state index contributed by atoms with van der Waals surface area (Å²) in [5.41, 5.74) is 0.992. The fraction of sp³-hybridized carbons (Fsp3) is 0.462. The summed E-state index contributed by atoms with van der Waals surface area (Å²) in [6.45, 7) is 0. The van der Waals surface area contributed by atoms with Crippen molar-refractivity contribution in [2.45, 2.75) is 17.8 Å². The lowest BCUT2D eigenvalue weighted by Crippen LogP contribution is -2.35. The highest BCUT2D eigenvalue weighted by atomic mass is 35.5. The molecule has 0 saturated carbocycles. The van der Waals surface area contributed by atoms with E-state index in [2.05, 4.69) is 4.99 Å². The average molecular weight is 365 g/mol. The van der Waals surface area contributed by atoms with Crippen LogP contribution in [0.25, 0.3) is 0 Å². The molecular formula is C13H14Cl2N2O2S2. The summed E-state index contributed by atoms with van der Waals surface area (Å²) < 4.78 is 23.2. The molecule has 0 bridgehead atoms. The standard InChI is InChI=1S/C13H14Cl2N2O2S2/c1-17-12-7-21(18,19)6-11(12)16-13(17)20-5-8-2-3-9(14)4-10(8)15/h2-4,11-12H,5-7H2,1H3/t11-,12-/m0/s1. The largest absolute Gasteiger partial charge is 0.348 e. The molecule has 2 aliphatic heterocycles. The number of likely N-dealkylation sites (N-methyl/N-ethyl adjacent to an activating group) is 1. The number of hydrogen-bond donors (Lipinski definition) is 0. The van der Waals surface area contributed by atoms with Gasteiger partial charge in [-0.1, -0.05) is 41.0 Å². The summed E-state index contributed by atoms with van der Waals surface area (Å²) in [4.78, 5) is 6.52. The molecule has 1 fully saturated rings. The van der Waals surface area contributed by atoms with Crippen LogP contribution in [0.4, 0.5) is 0 Å². The van der Waals surface area contributed by atoms with Crippen LogP contribution in [0, 0.1) is 0 Å². The monoisotopic (exact) mass is 364 g/mol. The van der Waals surface area contributed by atoms with Crippen molar-refractivity contribution in [3.05, 3.63) is 33.8 Å². The number of nitrogens with zero attached hydrogens (tertiary/aromatic N) is 2. The van der Waals surface area contributed by atoms with E-state index in [1.165, 1.54) is 0 Å². The lowest BCUT2D eigenvalue weighted by molar-refractivity contribution is 0.410. The number of fused-ring (bicyclic) bond motifs is 1. The summed E-state index contributed by atoms with van der Waals surface area (Å²) in [6.07, 6.45) is 0. The van der Waals surface area contributed by atoms with Gasteiger partial charge in [-0.25, -0.2) is 8.42 Å². The van der Waals surface area contributed by atoms with Crippen LogP contribution < -0.4 is 0 Å². The van der Waals surface area contributed by atoms with Crippen LogP contribution in [-0.4, -0.2) is 49.1 Å². The van der Waals surface area contributed by atoms with Crippen LogP contribution in [0.5, 0.6) is 0 Å². The molecule has 0 aromatic heterocycles. The molecule has 0 N–H and O–H groups in total. The van der Waals surface area contributed by atoms with Crippen molar-refractivity contribution in [3.8, 4) is 0 Å². The maximum Gasteiger partial charge on any atom is 0.159 e. The second-order valence-electron chi connectivity index (χ2n) is 5.26. The molecule has 2 heterocycles.